The molecular weight excluding hydrogens is 584 g/mol. The number of hydrogen-bond donors (Lipinski definition) is 1. The van der Waals surface area contributed by atoms with E-state index < -0.39 is 9.71 Å². The van der Waals surface area contributed by atoms with E-state index in [1.807, 2.05) is 18.2 Å². The molecule has 2 aliphatic heterocycles. The quantitative estimate of drug-likeness (QED) is 0.271. The molecule has 1 amide bonds. The molecule has 6 rings (SSSR count). The normalized spacial score (nSPS) is 31.5. The number of amides is 1. The molecule has 0 saturated heterocycles. The number of ether oxygens (including phenoxy) is 3. The molecule has 2 bridgehead atoms. The molecule has 4 aliphatic rings. The van der Waals surface area contributed by atoms with E-state index in [-0.39, 0.29) is 17.4 Å². The first-order valence-electron chi connectivity index (χ1n) is 15.5. The Morgan fingerprint density at radius 2 is 2.07 bits per heavy atom. The van der Waals surface area contributed by atoms with Crippen molar-refractivity contribution in [2.24, 2.45) is 11.8 Å². The van der Waals surface area contributed by atoms with Crippen LogP contribution in [0.15, 0.2) is 48.6 Å². The number of aryl methyl sites for hydroxylation is 1. The largest absolute Gasteiger partial charge is 0.490 e. The maximum atomic E-state index is 13.3. The third kappa shape index (κ3) is 6.63. The Labute approximate surface area is 261 Å². The van der Waals surface area contributed by atoms with Crippen molar-refractivity contribution < 1.29 is 23.2 Å². The van der Waals surface area contributed by atoms with Gasteiger partial charge < -0.3 is 19.1 Å². The maximum absolute atomic E-state index is 13.3. The SMILES string of the molecule is C=S1(=O)CCC/C=C/[C@@H](OCCOC)[C@@H]2CC[C@H]2CN2C[C@@]3(CCCc4cc(Cl)ccc43)COc3ccc(cc32)C(=O)N1. The van der Waals surface area contributed by atoms with Crippen molar-refractivity contribution in [2.45, 2.75) is 56.5 Å². The van der Waals surface area contributed by atoms with Crippen LogP contribution in [0.2, 0.25) is 5.02 Å². The van der Waals surface area contributed by atoms with Crippen LogP contribution in [0.4, 0.5) is 5.69 Å². The molecule has 7 nitrogen and oxygen atoms in total. The molecule has 1 fully saturated rings. The summed E-state index contributed by atoms with van der Waals surface area (Å²) in [6.45, 7) is 3.26. The van der Waals surface area contributed by atoms with Crippen molar-refractivity contribution in [3.63, 3.8) is 0 Å². The molecule has 2 aliphatic carbocycles. The van der Waals surface area contributed by atoms with Gasteiger partial charge >= 0.3 is 0 Å². The lowest BCUT2D eigenvalue weighted by Crippen LogP contribution is -2.49. The molecule has 43 heavy (non-hydrogen) atoms. The number of methoxy groups -OCH3 is 1. The minimum Gasteiger partial charge on any atom is -0.490 e. The zero-order valence-electron chi connectivity index (χ0n) is 25.0. The number of carbonyl (C=O) groups is 1. The van der Waals surface area contributed by atoms with Gasteiger partial charge in [-0.3, -0.25) is 9.52 Å². The minimum atomic E-state index is -2.79. The van der Waals surface area contributed by atoms with Gasteiger partial charge in [0.2, 0.25) is 0 Å². The Morgan fingerprint density at radius 3 is 2.88 bits per heavy atom. The summed E-state index contributed by atoms with van der Waals surface area (Å²) in [4.78, 5) is 15.8. The smallest absolute Gasteiger partial charge is 0.262 e. The zero-order valence-corrected chi connectivity index (χ0v) is 26.6. The van der Waals surface area contributed by atoms with Gasteiger partial charge in [0.1, 0.15) is 5.75 Å². The summed E-state index contributed by atoms with van der Waals surface area (Å²) in [5.41, 5.74) is 3.79. The topological polar surface area (TPSA) is 77.1 Å². The lowest BCUT2D eigenvalue weighted by atomic mass is 9.68. The fourth-order valence-electron chi connectivity index (χ4n) is 7.33. The molecule has 5 atom stereocenters. The highest BCUT2D eigenvalue weighted by atomic mass is 35.5. The van der Waals surface area contributed by atoms with Crippen LogP contribution in [0.25, 0.3) is 0 Å². The Kier molecular flexibility index (Phi) is 9.11. The van der Waals surface area contributed by atoms with Crippen molar-refractivity contribution in [1.82, 2.24) is 4.72 Å². The standard InChI is InChI=1S/C34H43ClN2O5S/c1-40-16-17-41-31-8-4-3-5-18-43(2,39)36-33(38)25-10-14-32-30(20-25)37(21-26-9-12-28(26)31)22-34(23-42-32)15-6-7-24-19-27(35)11-13-29(24)34/h4,8,10-11,13-14,19-20,26,28,31H,2-3,5-7,9,12,15-18,21-23H2,1H3,(H,36,38,39)/b8-4+/t26-,28+,31+,34-,43?/m0/s1. The number of rotatable bonds is 4. The highest BCUT2D eigenvalue weighted by Gasteiger charge is 2.44. The third-order valence-electron chi connectivity index (χ3n) is 9.70. The summed E-state index contributed by atoms with van der Waals surface area (Å²) in [5, 5.41) is 0.765. The second-order valence-corrected chi connectivity index (χ2v) is 15.3. The van der Waals surface area contributed by atoms with E-state index in [1.54, 1.807) is 13.2 Å². The first-order chi connectivity index (χ1) is 20.8. The molecule has 0 aromatic heterocycles. The molecule has 1 spiro atoms. The van der Waals surface area contributed by atoms with Gasteiger partial charge in [-0.15, -0.1) is 0 Å². The predicted molar refractivity (Wildman–Crippen MR) is 174 cm³/mol. The van der Waals surface area contributed by atoms with E-state index in [1.165, 1.54) is 11.1 Å². The van der Waals surface area contributed by atoms with E-state index in [2.05, 4.69) is 39.8 Å². The number of allylic oxidation sites excluding steroid dienone is 1. The Hall–Kier alpha value is -2.52. The predicted octanol–water partition coefficient (Wildman–Crippen LogP) is 5.58. The molecule has 2 aromatic carbocycles. The number of hydrogen-bond acceptors (Lipinski definition) is 6. The molecule has 2 heterocycles. The minimum absolute atomic E-state index is 0.00819. The second kappa shape index (κ2) is 12.8. The van der Waals surface area contributed by atoms with Crippen LogP contribution in [0.5, 0.6) is 5.75 Å². The number of nitrogens with zero attached hydrogens (tertiary/aromatic N) is 1. The summed E-state index contributed by atoms with van der Waals surface area (Å²) < 4.78 is 34.2. The molecule has 1 N–H and O–H groups in total. The summed E-state index contributed by atoms with van der Waals surface area (Å²) in [7, 11) is -1.09. The summed E-state index contributed by atoms with van der Waals surface area (Å²) in [6, 6.07) is 11.9. The fraction of sp³-hybridized carbons (Fsp3) is 0.529. The fourth-order valence-corrected chi connectivity index (χ4v) is 8.71. The van der Waals surface area contributed by atoms with Gasteiger partial charge in [-0.25, -0.2) is 4.21 Å². The first-order valence-corrected chi connectivity index (χ1v) is 17.8. The van der Waals surface area contributed by atoms with E-state index in [4.69, 9.17) is 25.8 Å². The van der Waals surface area contributed by atoms with Crippen molar-refractivity contribution in [3.05, 3.63) is 70.3 Å². The number of anilines is 1. The van der Waals surface area contributed by atoms with Gasteiger partial charge in [-0.05, 0) is 104 Å². The van der Waals surface area contributed by atoms with Gasteiger partial charge in [0, 0.05) is 51.7 Å². The molecule has 232 valence electrons. The van der Waals surface area contributed by atoms with Crippen LogP contribution in [0.1, 0.15) is 60.0 Å². The van der Waals surface area contributed by atoms with Crippen molar-refractivity contribution in [2.75, 3.05) is 50.7 Å². The number of halogens is 1. The van der Waals surface area contributed by atoms with E-state index >= 15 is 0 Å². The van der Waals surface area contributed by atoms with Crippen LogP contribution in [0, 0.1) is 11.8 Å². The van der Waals surface area contributed by atoms with Crippen LogP contribution in [0.3, 0.4) is 0 Å². The van der Waals surface area contributed by atoms with Crippen LogP contribution < -0.4 is 14.4 Å². The number of nitrogens with one attached hydrogen (secondary N) is 1. The second-order valence-electron chi connectivity index (χ2n) is 12.6. The Morgan fingerprint density at radius 1 is 1.19 bits per heavy atom. The number of benzene rings is 2. The molecule has 9 heteroatoms. The first kappa shape index (κ1) is 30.5. The van der Waals surface area contributed by atoms with Crippen molar-refractivity contribution in [1.29, 1.82) is 0 Å². The summed E-state index contributed by atoms with van der Waals surface area (Å²) >= 11 is 6.43. The highest BCUT2D eigenvalue weighted by Crippen LogP contribution is 2.47. The van der Waals surface area contributed by atoms with Crippen molar-refractivity contribution in [3.8, 4) is 5.75 Å². The average molecular weight is 627 g/mol. The number of carbonyl (C=O) groups excluding carboxylic acids is 1. The molecule has 1 saturated carbocycles. The Bertz CT molecular complexity index is 1480. The van der Waals surface area contributed by atoms with E-state index in [0.717, 1.165) is 68.1 Å². The summed E-state index contributed by atoms with van der Waals surface area (Å²) in [5.74, 6) is 5.40. The average Bonchev–Trinajstić information content (AvgIpc) is 3.11. The lowest BCUT2D eigenvalue weighted by molar-refractivity contribution is -0.0309. The molecule has 0 radical (unpaired) electrons. The monoisotopic (exact) mass is 626 g/mol. The van der Waals surface area contributed by atoms with Crippen molar-refractivity contribution >= 4 is 38.8 Å². The van der Waals surface area contributed by atoms with E-state index in [0.29, 0.717) is 49.4 Å². The van der Waals surface area contributed by atoms with Crippen LogP contribution >= 0.6 is 11.6 Å². The lowest BCUT2D eigenvalue weighted by Gasteiger charge is -2.46. The molecule has 2 aromatic rings. The van der Waals surface area contributed by atoms with E-state index in [9.17, 15) is 9.00 Å². The highest BCUT2D eigenvalue weighted by molar-refractivity contribution is 7.99. The van der Waals surface area contributed by atoms with Gasteiger partial charge in [0.05, 0.1) is 31.6 Å². The zero-order chi connectivity index (χ0) is 30.0. The van der Waals surface area contributed by atoms with Gasteiger partial charge in [0.25, 0.3) is 5.91 Å². The van der Waals surface area contributed by atoms with Gasteiger partial charge in [0.15, 0.2) is 0 Å². The third-order valence-corrected chi connectivity index (χ3v) is 11.4. The van der Waals surface area contributed by atoms with Gasteiger partial charge in [-0.2, -0.15) is 0 Å². The van der Waals surface area contributed by atoms with Crippen LogP contribution in [-0.2, 0) is 31.0 Å². The maximum Gasteiger partial charge on any atom is 0.262 e. The molecule has 1 unspecified atom stereocenters. The Balaban J connectivity index is 1.39. The summed E-state index contributed by atoms with van der Waals surface area (Å²) in [6.07, 6.45) is 11.0. The number of fused-ring (bicyclic) bond motifs is 4. The molecular formula is C34H43ClN2O5S. The van der Waals surface area contributed by atoms with Crippen LogP contribution in [-0.4, -0.2) is 67.9 Å². The van der Waals surface area contributed by atoms with Gasteiger partial charge in [-0.1, -0.05) is 29.8 Å².